The smallest absolute Gasteiger partial charge is 0.266 e. The average Bonchev–Trinajstić information content (AvgIpc) is 3.01. The third kappa shape index (κ3) is 3.27. The van der Waals surface area contributed by atoms with Crippen LogP contribution >= 0.6 is 22.6 Å². The summed E-state index contributed by atoms with van der Waals surface area (Å²) in [5, 5.41) is 0.546. The molecular formula is C25H18IN3O2. The summed E-state index contributed by atoms with van der Waals surface area (Å²) in [4.78, 5) is 32.9. The molecule has 1 amide bonds. The molecule has 2 heterocycles. The number of likely N-dealkylation sites (N-methyl/N-ethyl adjacent to an activating group) is 1. The Bertz CT molecular complexity index is 1450. The maximum Gasteiger partial charge on any atom is 0.266 e. The second-order valence-corrected chi connectivity index (χ2v) is 8.79. The van der Waals surface area contributed by atoms with E-state index in [0.717, 1.165) is 20.4 Å². The van der Waals surface area contributed by atoms with Gasteiger partial charge >= 0.3 is 0 Å². The standard InChI is InChI=1S/C25H18IN3O2/c1-15-7-10-17(11-8-15)29-23(27-21-12-9-16(26)13-20(21)25(29)31)14-19-18-5-3-4-6-22(18)28(2)24(19)30/h3-14H,1-2H3/b19-14+. The number of anilines is 1. The summed E-state index contributed by atoms with van der Waals surface area (Å²) < 4.78 is 2.55. The Morgan fingerprint density at radius 1 is 0.968 bits per heavy atom. The minimum Gasteiger partial charge on any atom is -0.311 e. The third-order valence-corrected chi connectivity index (χ3v) is 6.18. The van der Waals surface area contributed by atoms with Crippen molar-refractivity contribution < 1.29 is 4.79 Å². The molecule has 0 fully saturated rings. The molecule has 5 nitrogen and oxygen atoms in total. The molecule has 0 radical (unpaired) electrons. The van der Waals surface area contributed by atoms with Crippen LogP contribution in [0.25, 0.3) is 28.2 Å². The Balaban J connectivity index is 1.83. The van der Waals surface area contributed by atoms with Gasteiger partial charge in [-0.25, -0.2) is 4.98 Å². The quantitative estimate of drug-likeness (QED) is 0.282. The van der Waals surface area contributed by atoms with Crippen molar-refractivity contribution in [1.29, 1.82) is 0 Å². The van der Waals surface area contributed by atoms with Gasteiger partial charge in [0.05, 0.1) is 27.9 Å². The van der Waals surface area contributed by atoms with Crippen LogP contribution in [-0.2, 0) is 4.79 Å². The van der Waals surface area contributed by atoms with Crippen LogP contribution in [-0.4, -0.2) is 22.5 Å². The number of carbonyl (C=O) groups is 1. The highest BCUT2D eigenvalue weighted by molar-refractivity contribution is 14.1. The predicted octanol–water partition coefficient (Wildman–Crippen LogP) is 4.82. The van der Waals surface area contributed by atoms with E-state index in [4.69, 9.17) is 4.98 Å². The molecule has 4 aromatic rings. The zero-order valence-electron chi connectivity index (χ0n) is 17.0. The second kappa shape index (κ2) is 7.46. The van der Waals surface area contributed by atoms with Gasteiger partial charge in [-0.1, -0.05) is 35.9 Å². The molecular weight excluding hydrogens is 501 g/mol. The molecule has 0 unspecified atom stereocenters. The van der Waals surface area contributed by atoms with Crippen molar-refractivity contribution in [2.75, 3.05) is 11.9 Å². The van der Waals surface area contributed by atoms with Gasteiger partial charge in [-0.2, -0.15) is 0 Å². The second-order valence-electron chi connectivity index (χ2n) is 7.55. The molecule has 152 valence electrons. The summed E-state index contributed by atoms with van der Waals surface area (Å²) in [6.07, 6.45) is 1.73. The van der Waals surface area contributed by atoms with Gasteiger partial charge in [0.2, 0.25) is 0 Å². The molecule has 0 bridgehead atoms. The fourth-order valence-electron chi connectivity index (χ4n) is 3.88. The number of nitrogens with zero attached hydrogens (tertiary/aromatic N) is 3. The first-order valence-electron chi connectivity index (χ1n) is 9.82. The van der Waals surface area contributed by atoms with Crippen LogP contribution in [0.2, 0.25) is 0 Å². The van der Waals surface area contributed by atoms with E-state index in [-0.39, 0.29) is 11.5 Å². The van der Waals surface area contributed by atoms with Crippen LogP contribution in [0.3, 0.4) is 0 Å². The van der Waals surface area contributed by atoms with Crippen molar-refractivity contribution in [1.82, 2.24) is 9.55 Å². The van der Waals surface area contributed by atoms with Gasteiger partial charge in [0, 0.05) is 16.2 Å². The first-order chi connectivity index (χ1) is 14.9. The van der Waals surface area contributed by atoms with Crippen LogP contribution in [0.5, 0.6) is 0 Å². The monoisotopic (exact) mass is 519 g/mol. The fraction of sp³-hybridized carbons (Fsp3) is 0.0800. The Morgan fingerprint density at radius 2 is 1.71 bits per heavy atom. The Kier molecular flexibility index (Phi) is 4.74. The molecule has 1 aliphatic rings. The maximum atomic E-state index is 13.5. The number of benzene rings is 3. The summed E-state index contributed by atoms with van der Waals surface area (Å²) in [5.74, 6) is 0.310. The van der Waals surface area contributed by atoms with Crippen LogP contribution in [0.15, 0.2) is 71.5 Å². The summed E-state index contributed by atoms with van der Waals surface area (Å²) >= 11 is 2.19. The van der Waals surface area contributed by atoms with Gasteiger partial charge < -0.3 is 4.90 Å². The van der Waals surface area contributed by atoms with Gasteiger partial charge in [-0.3, -0.25) is 14.2 Å². The van der Waals surface area contributed by atoms with Crippen molar-refractivity contribution in [3.05, 3.63) is 97.6 Å². The van der Waals surface area contributed by atoms with Crippen molar-refractivity contribution in [2.24, 2.45) is 0 Å². The zero-order chi connectivity index (χ0) is 21.7. The Hall–Kier alpha value is -3.26. The molecule has 0 N–H and O–H groups in total. The Morgan fingerprint density at radius 3 is 2.48 bits per heavy atom. The lowest BCUT2D eigenvalue weighted by molar-refractivity contribution is -0.112. The van der Waals surface area contributed by atoms with Crippen molar-refractivity contribution >= 4 is 56.7 Å². The van der Waals surface area contributed by atoms with E-state index >= 15 is 0 Å². The highest BCUT2D eigenvalue weighted by atomic mass is 127. The predicted molar refractivity (Wildman–Crippen MR) is 133 cm³/mol. The SMILES string of the molecule is Cc1ccc(-n2c(/C=C3/C(=O)N(C)c4ccccc43)nc3ccc(I)cc3c2=O)cc1. The van der Waals surface area contributed by atoms with Crippen LogP contribution in [0, 0.1) is 10.5 Å². The number of para-hydroxylation sites is 1. The summed E-state index contributed by atoms with van der Waals surface area (Å²) in [6, 6.07) is 21.0. The highest BCUT2D eigenvalue weighted by Crippen LogP contribution is 2.36. The number of fused-ring (bicyclic) bond motifs is 2. The number of halogens is 1. The van der Waals surface area contributed by atoms with Crippen LogP contribution in [0.1, 0.15) is 17.0 Å². The molecule has 31 heavy (non-hydrogen) atoms. The van der Waals surface area contributed by atoms with E-state index in [1.807, 2.05) is 73.7 Å². The zero-order valence-corrected chi connectivity index (χ0v) is 19.1. The van der Waals surface area contributed by atoms with E-state index in [1.54, 1.807) is 22.6 Å². The molecule has 0 atom stereocenters. The first kappa shape index (κ1) is 19.7. The number of hydrogen-bond donors (Lipinski definition) is 0. The first-order valence-corrected chi connectivity index (χ1v) is 10.9. The van der Waals surface area contributed by atoms with Crippen molar-refractivity contribution in [3.8, 4) is 5.69 Å². The molecule has 6 heteroatoms. The summed E-state index contributed by atoms with van der Waals surface area (Å²) in [5.41, 5.74) is 4.46. The lowest BCUT2D eigenvalue weighted by Gasteiger charge is -2.13. The lowest BCUT2D eigenvalue weighted by Crippen LogP contribution is -2.23. The third-order valence-electron chi connectivity index (χ3n) is 5.51. The van der Waals surface area contributed by atoms with Crippen LogP contribution in [0.4, 0.5) is 5.69 Å². The molecule has 1 aliphatic heterocycles. The number of aromatic nitrogens is 2. The van der Waals surface area contributed by atoms with Gasteiger partial charge in [0.15, 0.2) is 0 Å². The van der Waals surface area contributed by atoms with E-state index in [1.165, 1.54) is 0 Å². The maximum absolute atomic E-state index is 13.5. The van der Waals surface area contributed by atoms with E-state index in [2.05, 4.69) is 22.6 Å². The van der Waals surface area contributed by atoms with Crippen LogP contribution < -0.4 is 10.5 Å². The number of carbonyl (C=O) groups excluding carboxylic acids is 1. The molecule has 5 rings (SSSR count). The van der Waals surface area contributed by atoms with Crippen molar-refractivity contribution in [2.45, 2.75) is 6.92 Å². The minimum absolute atomic E-state index is 0.117. The fourth-order valence-corrected chi connectivity index (χ4v) is 4.37. The minimum atomic E-state index is -0.161. The van der Waals surface area contributed by atoms with Gasteiger partial charge in [0.1, 0.15) is 5.82 Å². The normalized spacial score (nSPS) is 14.5. The number of rotatable bonds is 2. The van der Waals surface area contributed by atoms with Gasteiger partial charge in [-0.15, -0.1) is 0 Å². The topological polar surface area (TPSA) is 55.2 Å². The molecule has 3 aromatic carbocycles. The van der Waals surface area contributed by atoms with Gasteiger partial charge in [-0.05, 0) is 72.0 Å². The molecule has 0 saturated carbocycles. The highest BCUT2D eigenvalue weighted by Gasteiger charge is 2.29. The molecule has 0 saturated heterocycles. The number of aryl methyl sites for hydroxylation is 1. The molecule has 1 aromatic heterocycles. The largest absolute Gasteiger partial charge is 0.311 e. The average molecular weight is 519 g/mol. The number of hydrogen-bond acceptors (Lipinski definition) is 3. The summed E-state index contributed by atoms with van der Waals surface area (Å²) in [7, 11) is 1.75. The van der Waals surface area contributed by atoms with Crippen molar-refractivity contribution in [3.63, 3.8) is 0 Å². The van der Waals surface area contributed by atoms with E-state index in [9.17, 15) is 9.59 Å². The molecule has 0 spiro atoms. The Labute approximate surface area is 192 Å². The number of amides is 1. The summed E-state index contributed by atoms with van der Waals surface area (Å²) in [6.45, 7) is 2.00. The van der Waals surface area contributed by atoms with E-state index in [0.29, 0.717) is 28.0 Å². The van der Waals surface area contributed by atoms with Gasteiger partial charge in [0.25, 0.3) is 11.5 Å². The van der Waals surface area contributed by atoms with E-state index < -0.39 is 0 Å². The molecule has 0 aliphatic carbocycles. The lowest BCUT2D eigenvalue weighted by atomic mass is 10.1.